The van der Waals surface area contributed by atoms with Crippen molar-refractivity contribution in [3.63, 3.8) is 0 Å². The number of carbonyl (C=O) groups excluding carboxylic acids is 1. The minimum absolute atomic E-state index is 0.115. The van der Waals surface area contributed by atoms with Crippen LogP contribution in [0.4, 0.5) is 5.69 Å². The van der Waals surface area contributed by atoms with Crippen LogP contribution in [0, 0.1) is 0 Å². The van der Waals surface area contributed by atoms with Gasteiger partial charge in [0.1, 0.15) is 6.54 Å². The molecule has 0 bridgehead atoms. The molecule has 8 heteroatoms. The van der Waals surface area contributed by atoms with Gasteiger partial charge >= 0.3 is 0 Å². The van der Waals surface area contributed by atoms with Crippen LogP contribution in [0.1, 0.15) is 25.7 Å². The van der Waals surface area contributed by atoms with Crippen LogP contribution < -0.4 is 13.8 Å². The van der Waals surface area contributed by atoms with E-state index in [-0.39, 0.29) is 19.2 Å². The summed E-state index contributed by atoms with van der Waals surface area (Å²) in [5.41, 5.74) is 0.407. The Hall–Kier alpha value is -1.96. The number of benzene rings is 1. The van der Waals surface area contributed by atoms with Gasteiger partial charge in [0.15, 0.2) is 11.5 Å². The van der Waals surface area contributed by atoms with E-state index in [1.807, 2.05) is 0 Å². The lowest BCUT2D eigenvalue weighted by molar-refractivity contribution is -0.129. The van der Waals surface area contributed by atoms with Crippen LogP contribution in [0.2, 0.25) is 0 Å². The molecule has 0 radical (unpaired) electrons. The van der Waals surface area contributed by atoms with E-state index in [0.29, 0.717) is 30.3 Å². The lowest BCUT2D eigenvalue weighted by atomic mass is 10.2. The number of hydrogen-bond acceptors (Lipinski definition) is 5. The highest BCUT2D eigenvalue weighted by Crippen LogP contribution is 2.36. The molecule has 2 heterocycles. The fourth-order valence-electron chi connectivity index (χ4n) is 2.98. The molecule has 1 saturated heterocycles. The molecule has 132 valence electrons. The highest BCUT2D eigenvalue weighted by Gasteiger charge is 2.26. The molecule has 0 N–H and O–H groups in total. The minimum Gasteiger partial charge on any atom is -0.454 e. The first-order valence-electron chi connectivity index (χ1n) is 8.10. The smallest absolute Gasteiger partial charge is 0.243 e. The predicted octanol–water partition coefficient (Wildman–Crippen LogP) is 1.58. The first-order chi connectivity index (χ1) is 11.4. The Kier molecular flexibility index (Phi) is 4.84. The standard InChI is InChI=1S/C16H22N2O5S/c1-24(20,21)18(11-16(19)17-8-4-2-3-5-9-17)13-6-7-14-15(10-13)23-12-22-14/h6-7,10H,2-5,8-9,11-12H2,1H3. The zero-order valence-corrected chi connectivity index (χ0v) is 14.5. The average Bonchev–Trinajstić information content (AvgIpc) is 2.82. The third-order valence-corrected chi connectivity index (χ3v) is 5.42. The third-order valence-electron chi connectivity index (χ3n) is 4.28. The van der Waals surface area contributed by atoms with Crippen molar-refractivity contribution in [3.05, 3.63) is 18.2 Å². The number of ether oxygens (including phenoxy) is 2. The highest BCUT2D eigenvalue weighted by molar-refractivity contribution is 7.92. The Morgan fingerprint density at radius 3 is 2.46 bits per heavy atom. The maximum atomic E-state index is 12.6. The zero-order chi connectivity index (χ0) is 17.2. The lowest BCUT2D eigenvalue weighted by Gasteiger charge is -2.26. The number of hydrogen-bond donors (Lipinski definition) is 0. The summed E-state index contributed by atoms with van der Waals surface area (Å²) in [5.74, 6) is 0.898. The number of carbonyl (C=O) groups is 1. The Morgan fingerprint density at radius 2 is 1.79 bits per heavy atom. The van der Waals surface area contributed by atoms with Crippen molar-refractivity contribution in [2.45, 2.75) is 25.7 Å². The second kappa shape index (κ2) is 6.88. The Bertz CT molecular complexity index is 711. The third kappa shape index (κ3) is 3.75. The van der Waals surface area contributed by atoms with Gasteiger partial charge in [-0.25, -0.2) is 8.42 Å². The molecule has 1 aromatic carbocycles. The maximum Gasteiger partial charge on any atom is 0.243 e. The van der Waals surface area contributed by atoms with Crippen LogP contribution in [0.3, 0.4) is 0 Å². The number of anilines is 1. The molecule has 7 nitrogen and oxygen atoms in total. The molecule has 0 aliphatic carbocycles. The molecule has 0 unspecified atom stereocenters. The van der Waals surface area contributed by atoms with Gasteiger partial charge in [-0.1, -0.05) is 12.8 Å². The van der Waals surface area contributed by atoms with Gasteiger partial charge in [-0.3, -0.25) is 9.10 Å². The quantitative estimate of drug-likeness (QED) is 0.821. The Morgan fingerprint density at radius 1 is 1.12 bits per heavy atom. The highest BCUT2D eigenvalue weighted by atomic mass is 32.2. The summed E-state index contributed by atoms with van der Waals surface area (Å²) in [7, 11) is -3.59. The van der Waals surface area contributed by atoms with Gasteiger partial charge < -0.3 is 14.4 Å². The van der Waals surface area contributed by atoms with Crippen LogP contribution >= 0.6 is 0 Å². The summed E-state index contributed by atoms with van der Waals surface area (Å²) in [6, 6.07) is 4.88. The van der Waals surface area contributed by atoms with Crippen LogP contribution in [-0.4, -0.2) is 51.9 Å². The van der Waals surface area contributed by atoms with Crippen LogP contribution in [0.25, 0.3) is 0 Å². The van der Waals surface area contributed by atoms with Crippen molar-refractivity contribution < 1.29 is 22.7 Å². The van der Waals surface area contributed by atoms with Gasteiger partial charge in [-0.15, -0.1) is 0 Å². The number of fused-ring (bicyclic) bond motifs is 1. The zero-order valence-electron chi connectivity index (χ0n) is 13.7. The van der Waals surface area contributed by atoms with E-state index < -0.39 is 10.0 Å². The van der Waals surface area contributed by atoms with Crippen LogP contribution in [-0.2, 0) is 14.8 Å². The molecular weight excluding hydrogens is 332 g/mol. The van der Waals surface area contributed by atoms with Gasteiger partial charge in [0, 0.05) is 19.2 Å². The number of nitrogens with zero attached hydrogens (tertiary/aromatic N) is 2. The Labute approximate surface area is 142 Å². The fraction of sp³-hybridized carbons (Fsp3) is 0.562. The first kappa shape index (κ1) is 16.9. The summed E-state index contributed by atoms with van der Waals surface area (Å²) in [5, 5.41) is 0. The average molecular weight is 354 g/mol. The van der Waals surface area contributed by atoms with Crippen molar-refractivity contribution in [1.82, 2.24) is 4.90 Å². The summed E-state index contributed by atoms with van der Waals surface area (Å²) in [6.45, 7) is 1.30. The molecule has 0 aromatic heterocycles. The second-order valence-electron chi connectivity index (χ2n) is 6.10. The number of sulfonamides is 1. The lowest BCUT2D eigenvalue weighted by Crippen LogP contribution is -2.43. The minimum atomic E-state index is -3.59. The van der Waals surface area contributed by atoms with E-state index in [9.17, 15) is 13.2 Å². The SMILES string of the molecule is CS(=O)(=O)N(CC(=O)N1CCCCCC1)c1ccc2c(c1)OCO2. The topological polar surface area (TPSA) is 76.2 Å². The van der Waals surface area contributed by atoms with Gasteiger partial charge in [0.05, 0.1) is 11.9 Å². The number of rotatable bonds is 4. The van der Waals surface area contributed by atoms with E-state index in [1.54, 1.807) is 23.1 Å². The van der Waals surface area contributed by atoms with Crippen LogP contribution in [0.15, 0.2) is 18.2 Å². The normalized spacial score (nSPS) is 17.5. The van der Waals surface area contributed by atoms with Crippen molar-refractivity contribution in [3.8, 4) is 11.5 Å². The van der Waals surface area contributed by atoms with Crippen molar-refractivity contribution in [1.29, 1.82) is 0 Å². The van der Waals surface area contributed by atoms with E-state index in [4.69, 9.17) is 9.47 Å². The molecule has 1 fully saturated rings. The van der Waals surface area contributed by atoms with E-state index in [0.717, 1.165) is 36.2 Å². The molecule has 0 atom stereocenters. The molecular formula is C16H22N2O5S. The summed E-state index contributed by atoms with van der Waals surface area (Å²) in [6.07, 6.45) is 5.26. The molecule has 24 heavy (non-hydrogen) atoms. The van der Waals surface area contributed by atoms with Gasteiger partial charge in [0.2, 0.25) is 22.7 Å². The van der Waals surface area contributed by atoms with Gasteiger partial charge in [-0.05, 0) is 25.0 Å². The second-order valence-corrected chi connectivity index (χ2v) is 8.01. The van der Waals surface area contributed by atoms with Crippen molar-refractivity contribution in [2.24, 2.45) is 0 Å². The maximum absolute atomic E-state index is 12.6. The fourth-order valence-corrected chi connectivity index (χ4v) is 3.82. The van der Waals surface area contributed by atoms with E-state index in [1.165, 1.54) is 0 Å². The molecule has 2 aliphatic heterocycles. The van der Waals surface area contributed by atoms with Gasteiger partial charge in [-0.2, -0.15) is 0 Å². The van der Waals surface area contributed by atoms with Gasteiger partial charge in [0.25, 0.3) is 0 Å². The largest absolute Gasteiger partial charge is 0.454 e. The van der Waals surface area contributed by atoms with E-state index in [2.05, 4.69) is 0 Å². The molecule has 1 amide bonds. The summed E-state index contributed by atoms with van der Waals surface area (Å²) < 4.78 is 36.1. The van der Waals surface area contributed by atoms with Crippen molar-refractivity contribution in [2.75, 3.05) is 37.0 Å². The molecule has 1 aromatic rings. The summed E-state index contributed by atoms with van der Waals surface area (Å²) in [4.78, 5) is 14.3. The monoisotopic (exact) mass is 354 g/mol. The molecule has 0 saturated carbocycles. The predicted molar refractivity (Wildman–Crippen MR) is 89.8 cm³/mol. The summed E-state index contributed by atoms with van der Waals surface area (Å²) >= 11 is 0. The van der Waals surface area contributed by atoms with Crippen molar-refractivity contribution >= 4 is 21.6 Å². The molecule has 2 aliphatic rings. The Balaban J connectivity index is 1.81. The molecule has 0 spiro atoms. The molecule has 3 rings (SSSR count). The number of likely N-dealkylation sites (tertiary alicyclic amines) is 1. The van der Waals surface area contributed by atoms with Crippen LogP contribution in [0.5, 0.6) is 11.5 Å². The first-order valence-corrected chi connectivity index (χ1v) is 9.95. The van der Waals surface area contributed by atoms with E-state index >= 15 is 0 Å². The number of amides is 1.